The molecule has 1 N–H and O–H groups in total. The van der Waals surface area contributed by atoms with Gasteiger partial charge in [0.05, 0.1) is 23.2 Å². The van der Waals surface area contributed by atoms with E-state index in [-0.39, 0.29) is 6.04 Å². The van der Waals surface area contributed by atoms with E-state index >= 15 is 0 Å². The van der Waals surface area contributed by atoms with E-state index in [9.17, 15) is 0 Å². The second kappa shape index (κ2) is 7.57. The van der Waals surface area contributed by atoms with Crippen LogP contribution in [0.25, 0.3) is 0 Å². The second-order valence-electron chi connectivity index (χ2n) is 4.42. The van der Waals surface area contributed by atoms with Crippen LogP contribution in [0.4, 0.5) is 0 Å². The molecule has 0 amide bonds. The van der Waals surface area contributed by atoms with Crippen molar-refractivity contribution in [2.75, 3.05) is 13.7 Å². The Morgan fingerprint density at radius 1 is 1.30 bits per heavy atom. The summed E-state index contributed by atoms with van der Waals surface area (Å²) < 4.78 is 5.86. The summed E-state index contributed by atoms with van der Waals surface area (Å²) in [5.41, 5.74) is 0.920. The molecule has 0 fully saturated rings. The summed E-state index contributed by atoms with van der Waals surface area (Å²) in [6.45, 7) is 3.09. The molecule has 0 saturated carbocycles. The third-order valence-electron chi connectivity index (χ3n) is 2.90. The molecule has 20 heavy (non-hydrogen) atoms. The number of nitrogens with one attached hydrogen (secondary N) is 1. The molecule has 108 valence electrons. The lowest BCUT2D eigenvalue weighted by atomic mass is 10.1. The van der Waals surface area contributed by atoms with Gasteiger partial charge < -0.3 is 10.1 Å². The lowest BCUT2D eigenvalue weighted by Crippen LogP contribution is -2.25. The highest BCUT2D eigenvalue weighted by molar-refractivity contribution is 7.16. The van der Waals surface area contributed by atoms with Gasteiger partial charge in [-0.3, -0.25) is 0 Å². The maximum absolute atomic E-state index is 5.99. The molecular weight excluding hydrogens is 294 g/mol. The maximum atomic E-state index is 5.99. The zero-order chi connectivity index (χ0) is 14.4. The van der Waals surface area contributed by atoms with Crippen LogP contribution in [0.1, 0.15) is 30.0 Å². The summed E-state index contributed by atoms with van der Waals surface area (Å²) in [7, 11) is 1.59. The molecule has 0 bridgehead atoms. The zero-order valence-corrected chi connectivity index (χ0v) is 13.2. The quantitative estimate of drug-likeness (QED) is 0.850. The van der Waals surface area contributed by atoms with Crippen molar-refractivity contribution < 1.29 is 4.74 Å². The van der Waals surface area contributed by atoms with Gasteiger partial charge in [-0.25, -0.2) is 0 Å². The minimum Gasteiger partial charge on any atom is -0.480 e. The SMILES string of the molecule is CCCNC(Cc1ccc(Cl)s1)c1ccc(OC)nn1. The van der Waals surface area contributed by atoms with E-state index in [1.807, 2.05) is 18.2 Å². The van der Waals surface area contributed by atoms with E-state index in [2.05, 4.69) is 28.5 Å². The number of thiophene rings is 1. The van der Waals surface area contributed by atoms with Gasteiger partial charge in [-0.2, -0.15) is 5.10 Å². The molecule has 0 spiro atoms. The minimum atomic E-state index is 0.142. The second-order valence-corrected chi connectivity index (χ2v) is 6.22. The molecule has 0 radical (unpaired) electrons. The van der Waals surface area contributed by atoms with Crippen LogP contribution in [-0.2, 0) is 6.42 Å². The number of ether oxygens (including phenoxy) is 1. The van der Waals surface area contributed by atoms with Crippen LogP contribution < -0.4 is 10.1 Å². The Bertz CT molecular complexity index is 529. The lowest BCUT2D eigenvalue weighted by molar-refractivity contribution is 0.389. The summed E-state index contributed by atoms with van der Waals surface area (Å²) in [5, 5.41) is 11.8. The number of aromatic nitrogens is 2. The topological polar surface area (TPSA) is 47.0 Å². The average molecular weight is 312 g/mol. The summed E-state index contributed by atoms with van der Waals surface area (Å²) in [5.74, 6) is 0.530. The van der Waals surface area contributed by atoms with Gasteiger partial charge in [0.2, 0.25) is 5.88 Å². The molecule has 2 rings (SSSR count). The Hall–Kier alpha value is -1.17. The van der Waals surface area contributed by atoms with Gasteiger partial charge >= 0.3 is 0 Å². The van der Waals surface area contributed by atoms with E-state index in [1.54, 1.807) is 18.4 Å². The van der Waals surface area contributed by atoms with Crippen LogP contribution in [0.5, 0.6) is 5.88 Å². The highest BCUT2D eigenvalue weighted by atomic mass is 35.5. The van der Waals surface area contributed by atoms with E-state index in [0.717, 1.165) is 29.4 Å². The Morgan fingerprint density at radius 2 is 2.15 bits per heavy atom. The van der Waals surface area contributed by atoms with Crippen molar-refractivity contribution in [3.8, 4) is 5.88 Å². The van der Waals surface area contributed by atoms with Gasteiger partial charge in [0, 0.05) is 17.4 Å². The molecule has 2 aromatic rings. The molecule has 1 atom stereocenters. The van der Waals surface area contributed by atoms with E-state index in [0.29, 0.717) is 5.88 Å². The lowest BCUT2D eigenvalue weighted by Gasteiger charge is -2.16. The number of hydrogen-bond acceptors (Lipinski definition) is 5. The third kappa shape index (κ3) is 4.16. The highest BCUT2D eigenvalue weighted by Crippen LogP contribution is 2.26. The number of methoxy groups -OCH3 is 1. The normalized spacial score (nSPS) is 12.3. The van der Waals surface area contributed by atoms with Crippen LogP contribution in [0, 0.1) is 0 Å². The minimum absolute atomic E-state index is 0.142. The van der Waals surface area contributed by atoms with E-state index in [4.69, 9.17) is 16.3 Å². The fraction of sp³-hybridized carbons (Fsp3) is 0.429. The Labute approximate surface area is 128 Å². The van der Waals surface area contributed by atoms with Crippen LogP contribution in [0.2, 0.25) is 4.34 Å². The number of halogens is 1. The van der Waals surface area contributed by atoms with Gasteiger partial charge in [-0.15, -0.1) is 16.4 Å². The van der Waals surface area contributed by atoms with Crippen molar-refractivity contribution in [3.05, 3.63) is 39.2 Å². The molecule has 0 aromatic carbocycles. The molecule has 0 saturated heterocycles. The highest BCUT2D eigenvalue weighted by Gasteiger charge is 2.15. The summed E-state index contributed by atoms with van der Waals surface area (Å²) >= 11 is 7.59. The van der Waals surface area contributed by atoms with Crippen LogP contribution >= 0.6 is 22.9 Å². The van der Waals surface area contributed by atoms with Crippen molar-refractivity contribution in [3.63, 3.8) is 0 Å². The first kappa shape index (κ1) is 15.2. The molecule has 0 aliphatic rings. The molecule has 2 heterocycles. The van der Waals surface area contributed by atoms with Gasteiger partial charge in [-0.1, -0.05) is 18.5 Å². The Morgan fingerprint density at radius 3 is 2.70 bits per heavy atom. The molecule has 1 unspecified atom stereocenters. The molecule has 0 aliphatic carbocycles. The zero-order valence-electron chi connectivity index (χ0n) is 11.6. The van der Waals surface area contributed by atoms with Gasteiger partial charge in [0.1, 0.15) is 0 Å². The third-order valence-corrected chi connectivity index (χ3v) is 4.16. The Balaban J connectivity index is 2.12. The molecule has 2 aromatic heterocycles. The fourth-order valence-electron chi connectivity index (χ4n) is 1.89. The van der Waals surface area contributed by atoms with E-state index < -0.39 is 0 Å². The van der Waals surface area contributed by atoms with Crippen LogP contribution in [0.3, 0.4) is 0 Å². The molecular formula is C14H18ClN3OS. The van der Waals surface area contributed by atoms with E-state index in [1.165, 1.54) is 4.88 Å². The van der Waals surface area contributed by atoms with Crippen LogP contribution in [0.15, 0.2) is 24.3 Å². The molecule has 6 heteroatoms. The molecule has 4 nitrogen and oxygen atoms in total. The van der Waals surface area contributed by atoms with Gasteiger partial charge in [0.25, 0.3) is 0 Å². The fourth-order valence-corrected chi connectivity index (χ4v) is 3.02. The number of nitrogens with zero attached hydrogens (tertiary/aromatic N) is 2. The number of hydrogen-bond donors (Lipinski definition) is 1. The maximum Gasteiger partial charge on any atom is 0.233 e. The predicted molar refractivity (Wildman–Crippen MR) is 82.7 cm³/mol. The number of rotatable bonds is 7. The summed E-state index contributed by atoms with van der Waals surface area (Å²) in [6, 6.07) is 7.92. The first-order valence-electron chi connectivity index (χ1n) is 6.58. The first-order valence-corrected chi connectivity index (χ1v) is 7.77. The van der Waals surface area contributed by atoms with Gasteiger partial charge in [0.15, 0.2) is 0 Å². The summed E-state index contributed by atoms with van der Waals surface area (Å²) in [4.78, 5) is 1.24. The Kier molecular flexibility index (Phi) is 5.76. The summed E-state index contributed by atoms with van der Waals surface area (Å²) in [6.07, 6.45) is 1.93. The van der Waals surface area contributed by atoms with Crippen LogP contribution in [-0.4, -0.2) is 23.9 Å². The van der Waals surface area contributed by atoms with Crippen molar-refractivity contribution in [1.82, 2.24) is 15.5 Å². The monoisotopic (exact) mass is 311 g/mol. The smallest absolute Gasteiger partial charge is 0.233 e. The first-order chi connectivity index (χ1) is 9.72. The van der Waals surface area contributed by atoms with Crippen molar-refractivity contribution >= 4 is 22.9 Å². The largest absolute Gasteiger partial charge is 0.480 e. The van der Waals surface area contributed by atoms with Gasteiger partial charge in [-0.05, 0) is 31.2 Å². The average Bonchev–Trinajstić information content (AvgIpc) is 2.89. The predicted octanol–water partition coefficient (Wildman–Crippen LogP) is 3.48. The van der Waals surface area contributed by atoms with Crippen molar-refractivity contribution in [2.24, 2.45) is 0 Å². The standard InChI is InChI=1S/C14H18ClN3OS/c1-3-8-16-12(9-10-4-6-13(15)20-10)11-5-7-14(19-2)18-17-11/h4-7,12,16H,3,8-9H2,1-2H3. The molecule has 0 aliphatic heterocycles. The van der Waals surface area contributed by atoms with Crippen molar-refractivity contribution in [2.45, 2.75) is 25.8 Å². The van der Waals surface area contributed by atoms with Crippen molar-refractivity contribution in [1.29, 1.82) is 0 Å².